The third-order valence-electron chi connectivity index (χ3n) is 1.58. The average molecular weight is 231 g/mol. The van der Waals surface area contributed by atoms with E-state index in [0.717, 1.165) is 7.11 Å². The molecule has 0 aliphatic carbocycles. The average Bonchev–Trinajstić information content (AvgIpc) is 2.17. The molecule has 1 N–H and O–H groups in total. The van der Waals surface area contributed by atoms with Crippen molar-refractivity contribution < 1.29 is 19.4 Å². The highest BCUT2D eigenvalue weighted by atomic mass is 32.2. The van der Waals surface area contributed by atoms with Crippen LogP contribution in [0.2, 0.25) is 0 Å². The van der Waals surface area contributed by atoms with Crippen molar-refractivity contribution in [2.45, 2.75) is 0 Å². The zero-order valence-electron chi connectivity index (χ0n) is 8.14. The second-order valence-electron chi connectivity index (χ2n) is 2.80. The van der Waals surface area contributed by atoms with Crippen LogP contribution >= 0.6 is 0 Å². The van der Waals surface area contributed by atoms with Gasteiger partial charge in [0.05, 0.1) is 7.11 Å². The lowest BCUT2D eigenvalue weighted by Crippen LogP contribution is -2.23. The summed E-state index contributed by atoms with van der Waals surface area (Å²) < 4.78 is 29.2. The number of sulfonamides is 1. The smallest absolute Gasteiger partial charge is 0.322 e. The highest BCUT2D eigenvalue weighted by molar-refractivity contribution is 7.93. The number of nitrogens with one attached hydrogen (secondary N) is 1. The van der Waals surface area contributed by atoms with E-state index in [1.54, 1.807) is 30.3 Å². The fourth-order valence-corrected chi connectivity index (χ4v) is 1.93. The summed E-state index contributed by atoms with van der Waals surface area (Å²) in [4.78, 5) is 10.8. The largest absolute Gasteiger partial charge is 0.468 e. The van der Waals surface area contributed by atoms with Crippen LogP contribution in [0, 0.1) is 0 Å². The van der Waals surface area contributed by atoms with E-state index in [-0.39, 0.29) is 1.43 Å². The van der Waals surface area contributed by atoms with Crippen LogP contribution in [0.5, 0.6) is 0 Å². The van der Waals surface area contributed by atoms with Gasteiger partial charge in [0, 0.05) is 7.11 Å². The molecule has 0 aromatic heterocycles. The number of hydrogen-bond donors (Lipinski definition) is 1. The summed E-state index contributed by atoms with van der Waals surface area (Å²) in [5.74, 6) is -1.48. The topological polar surface area (TPSA) is 72.5 Å². The molecule has 1 aromatic carbocycles. The van der Waals surface area contributed by atoms with Crippen molar-refractivity contribution >= 4 is 21.7 Å². The van der Waals surface area contributed by atoms with E-state index in [0.29, 0.717) is 5.69 Å². The Labute approximate surface area is 89.6 Å². The summed E-state index contributed by atoms with van der Waals surface area (Å²) in [6.07, 6.45) is 0. The second-order valence-corrected chi connectivity index (χ2v) is 4.53. The molecule has 0 aliphatic rings. The van der Waals surface area contributed by atoms with Gasteiger partial charge in [-0.25, -0.2) is 8.42 Å². The van der Waals surface area contributed by atoms with E-state index in [4.69, 9.17) is 0 Å². The maximum Gasteiger partial charge on any atom is 0.322 e. The molecule has 0 radical (unpaired) electrons. The number of para-hydroxylation sites is 1. The number of anilines is 1. The van der Waals surface area contributed by atoms with Crippen LogP contribution in [-0.4, -0.2) is 27.2 Å². The molecule has 5 nitrogen and oxygen atoms in total. The summed E-state index contributed by atoms with van der Waals surface area (Å²) in [6, 6.07) is 8.33. The van der Waals surface area contributed by atoms with Crippen molar-refractivity contribution in [2.24, 2.45) is 0 Å². The quantitative estimate of drug-likeness (QED) is 0.780. The van der Waals surface area contributed by atoms with Crippen molar-refractivity contribution in [3.63, 3.8) is 0 Å². The van der Waals surface area contributed by atoms with Gasteiger partial charge in [-0.15, -0.1) is 0 Å². The molecule has 1 aromatic rings. The normalized spacial score (nSPS) is 10.7. The van der Waals surface area contributed by atoms with E-state index in [1.165, 1.54) is 0 Å². The van der Waals surface area contributed by atoms with Crippen molar-refractivity contribution in [1.29, 1.82) is 0 Å². The first-order valence-electron chi connectivity index (χ1n) is 4.16. The number of esters is 1. The lowest BCUT2D eigenvalue weighted by molar-refractivity contribution is -0.137. The number of hydrogen-bond acceptors (Lipinski definition) is 4. The molecule has 0 heterocycles. The predicted molar refractivity (Wildman–Crippen MR) is 58.0 cm³/mol. The number of rotatable bonds is 4. The standard InChI is InChI=1S/C9H11NO4S.H2/c1-14-9(11)7-15(12,13)10-8-5-3-2-4-6-8;/h2-6,10H,7H2,1H3;1H. The first kappa shape index (κ1) is 11.5. The minimum absolute atomic E-state index is 0. The molecule has 0 bridgehead atoms. The maximum atomic E-state index is 11.4. The Balaban J connectivity index is 0.00000225. The molecular weight excluding hydrogens is 218 g/mol. The molecule has 0 spiro atoms. The molecule has 6 heteroatoms. The summed E-state index contributed by atoms with van der Waals surface area (Å²) in [5, 5.41) is 0. The Bertz CT molecular complexity index is 432. The number of carbonyl (C=O) groups excluding carboxylic acids is 1. The Hall–Kier alpha value is -1.56. The van der Waals surface area contributed by atoms with Gasteiger partial charge >= 0.3 is 5.97 Å². The highest BCUT2D eigenvalue weighted by Crippen LogP contribution is 2.07. The SMILES string of the molecule is COC(=O)CS(=O)(=O)Nc1ccccc1.[HH]. The minimum atomic E-state index is -3.67. The van der Waals surface area contributed by atoms with Gasteiger partial charge < -0.3 is 4.74 Å². The predicted octanol–water partition coefficient (Wildman–Crippen LogP) is 0.847. The van der Waals surface area contributed by atoms with Crippen LogP contribution in [0.4, 0.5) is 5.69 Å². The van der Waals surface area contributed by atoms with Crippen molar-refractivity contribution in [2.75, 3.05) is 17.6 Å². The Morgan fingerprint density at radius 1 is 1.40 bits per heavy atom. The fraction of sp³-hybridized carbons (Fsp3) is 0.222. The second kappa shape index (κ2) is 4.79. The Morgan fingerprint density at radius 2 is 2.00 bits per heavy atom. The number of methoxy groups -OCH3 is 1. The van der Waals surface area contributed by atoms with Crippen LogP contribution in [0.3, 0.4) is 0 Å². The molecule has 15 heavy (non-hydrogen) atoms. The molecule has 0 aliphatic heterocycles. The van der Waals surface area contributed by atoms with Crippen LogP contribution in [0.25, 0.3) is 0 Å². The lowest BCUT2D eigenvalue weighted by Gasteiger charge is -2.06. The van der Waals surface area contributed by atoms with Gasteiger partial charge in [-0.2, -0.15) is 0 Å². The fourth-order valence-electron chi connectivity index (χ4n) is 0.936. The van der Waals surface area contributed by atoms with E-state index >= 15 is 0 Å². The molecule has 0 saturated carbocycles. The third-order valence-corrected chi connectivity index (χ3v) is 2.75. The van der Waals surface area contributed by atoms with Gasteiger partial charge in [0.25, 0.3) is 0 Å². The summed E-state index contributed by atoms with van der Waals surface area (Å²) >= 11 is 0. The number of benzene rings is 1. The van der Waals surface area contributed by atoms with Gasteiger partial charge in [-0.05, 0) is 12.1 Å². The van der Waals surface area contributed by atoms with Crippen LogP contribution < -0.4 is 4.72 Å². The zero-order chi connectivity index (χ0) is 11.3. The molecule has 0 fully saturated rings. The van der Waals surface area contributed by atoms with E-state index in [9.17, 15) is 13.2 Å². The molecule has 0 saturated heterocycles. The van der Waals surface area contributed by atoms with Gasteiger partial charge in [0.15, 0.2) is 5.75 Å². The molecule has 0 unspecified atom stereocenters. The summed E-state index contributed by atoms with van der Waals surface area (Å²) in [7, 11) is -2.53. The summed E-state index contributed by atoms with van der Waals surface area (Å²) in [6.45, 7) is 0. The Kier molecular flexibility index (Phi) is 3.68. The van der Waals surface area contributed by atoms with Crippen LogP contribution in [0.1, 0.15) is 1.43 Å². The summed E-state index contributed by atoms with van der Waals surface area (Å²) in [5.41, 5.74) is 0.418. The van der Waals surface area contributed by atoms with Crippen molar-refractivity contribution in [3.05, 3.63) is 30.3 Å². The van der Waals surface area contributed by atoms with Gasteiger partial charge in [-0.3, -0.25) is 9.52 Å². The number of carbonyl (C=O) groups is 1. The first-order chi connectivity index (χ1) is 7.03. The van der Waals surface area contributed by atoms with Crippen molar-refractivity contribution in [1.82, 2.24) is 0 Å². The molecule has 0 atom stereocenters. The third kappa shape index (κ3) is 3.99. The molecule has 0 amide bonds. The monoisotopic (exact) mass is 231 g/mol. The minimum Gasteiger partial charge on any atom is -0.468 e. The van der Waals surface area contributed by atoms with E-state index in [2.05, 4.69) is 9.46 Å². The van der Waals surface area contributed by atoms with Crippen LogP contribution in [0.15, 0.2) is 30.3 Å². The molecule has 84 valence electrons. The number of ether oxygens (including phenoxy) is 1. The van der Waals surface area contributed by atoms with Gasteiger partial charge in [0.2, 0.25) is 10.0 Å². The molecule has 1 rings (SSSR count). The van der Waals surface area contributed by atoms with E-state index in [1.807, 2.05) is 0 Å². The molecular formula is C9H13NO4S. The van der Waals surface area contributed by atoms with Crippen molar-refractivity contribution in [3.8, 4) is 0 Å². The maximum absolute atomic E-state index is 11.4. The highest BCUT2D eigenvalue weighted by Gasteiger charge is 2.16. The zero-order valence-corrected chi connectivity index (χ0v) is 8.95. The van der Waals surface area contributed by atoms with Crippen LogP contribution in [-0.2, 0) is 19.6 Å². The van der Waals surface area contributed by atoms with Gasteiger partial charge in [0.1, 0.15) is 0 Å². The first-order valence-corrected chi connectivity index (χ1v) is 5.81. The van der Waals surface area contributed by atoms with E-state index < -0.39 is 21.7 Å². The van der Waals surface area contributed by atoms with Gasteiger partial charge in [-0.1, -0.05) is 18.2 Å². The Morgan fingerprint density at radius 3 is 2.53 bits per heavy atom. The lowest BCUT2D eigenvalue weighted by atomic mass is 10.3.